The molecule has 0 radical (unpaired) electrons. The lowest BCUT2D eigenvalue weighted by Gasteiger charge is -2.20. The number of carbonyl (C=O) groups is 1. The Kier molecular flexibility index (Phi) is 3.58. The predicted octanol–water partition coefficient (Wildman–Crippen LogP) is 0.525. The molecule has 16 heavy (non-hydrogen) atoms. The fourth-order valence-corrected chi connectivity index (χ4v) is 2.40. The van der Waals surface area contributed by atoms with Crippen LogP contribution in [0, 0.1) is 0 Å². The van der Waals surface area contributed by atoms with Crippen LogP contribution < -0.4 is 11.1 Å². The van der Waals surface area contributed by atoms with E-state index in [4.69, 9.17) is 10.5 Å². The van der Waals surface area contributed by atoms with Gasteiger partial charge in [0.15, 0.2) is 0 Å². The Morgan fingerprint density at radius 1 is 1.69 bits per heavy atom. The number of hydrogen-bond donors (Lipinski definition) is 2. The van der Waals surface area contributed by atoms with E-state index in [1.807, 2.05) is 11.4 Å². The average molecular weight is 240 g/mol. The number of amides is 1. The molecule has 1 aliphatic rings. The van der Waals surface area contributed by atoms with Gasteiger partial charge in [0.05, 0.1) is 6.61 Å². The van der Waals surface area contributed by atoms with E-state index in [2.05, 4.69) is 11.4 Å². The van der Waals surface area contributed by atoms with Crippen LogP contribution in [0.4, 0.5) is 0 Å². The van der Waals surface area contributed by atoms with Gasteiger partial charge in [-0.05, 0) is 24.3 Å². The van der Waals surface area contributed by atoms with Crippen molar-refractivity contribution in [2.45, 2.75) is 18.4 Å². The molecule has 2 heterocycles. The Morgan fingerprint density at radius 3 is 3.19 bits per heavy atom. The van der Waals surface area contributed by atoms with Crippen molar-refractivity contribution in [2.75, 3.05) is 19.8 Å². The van der Waals surface area contributed by atoms with Gasteiger partial charge < -0.3 is 15.8 Å². The van der Waals surface area contributed by atoms with Gasteiger partial charge in [-0.15, -0.1) is 11.3 Å². The van der Waals surface area contributed by atoms with Gasteiger partial charge in [-0.25, -0.2) is 0 Å². The molecule has 1 saturated heterocycles. The third-order valence-electron chi connectivity index (χ3n) is 2.74. The van der Waals surface area contributed by atoms with Crippen molar-refractivity contribution in [3.8, 4) is 0 Å². The first kappa shape index (κ1) is 11.6. The predicted molar refractivity (Wildman–Crippen MR) is 63.4 cm³/mol. The molecular weight excluding hydrogens is 224 g/mol. The molecule has 88 valence electrons. The maximum atomic E-state index is 11.8. The van der Waals surface area contributed by atoms with Gasteiger partial charge in [0.2, 0.25) is 5.91 Å². The summed E-state index contributed by atoms with van der Waals surface area (Å²) in [6.45, 7) is 1.55. The molecule has 5 heteroatoms. The molecule has 1 amide bonds. The minimum Gasteiger partial charge on any atom is -0.379 e. The van der Waals surface area contributed by atoms with Crippen molar-refractivity contribution < 1.29 is 9.53 Å². The summed E-state index contributed by atoms with van der Waals surface area (Å²) in [5, 5.41) is 4.90. The van der Waals surface area contributed by atoms with Crippen LogP contribution in [-0.2, 0) is 16.0 Å². The van der Waals surface area contributed by atoms with Crippen molar-refractivity contribution in [2.24, 2.45) is 5.73 Å². The zero-order chi connectivity index (χ0) is 11.4. The Bertz CT molecular complexity index is 345. The Morgan fingerprint density at radius 2 is 2.56 bits per heavy atom. The summed E-state index contributed by atoms with van der Waals surface area (Å²) in [5.74, 6) is -0.0958. The first-order chi connectivity index (χ1) is 7.71. The Labute approximate surface area is 98.8 Å². The molecule has 3 N–H and O–H groups in total. The van der Waals surface area contributed by atoms with Gasteiger partial charge in [0.25, 0.3) is 0 Å². The largest absolute Gasteiger partial charge is 0.379 e. The Balaban J connectivity index is 1.75. The standard InChI is InChI=1S/C11H16N2O2S/c12-11(4-6-15-8-11)10(14)13-5-3-9-2-1-7-16-9/h1-2,7H,3-6,8,12H2,(H,13,14). The van der Waals surface area contributed by atoms with Crippen LogP contribution in [0.25, 0.3) is 0 Å². The van der Waals surface area contributed by atoms with Gasteiger partial charge in [-0.2, -0.15) is 0 Å². The molecule has 1 fully saturated rings. The summed E-state index contributed by atoms with van der Waals surface area (Å²) >= 11 is 1.70. The quantitative estimate of drug-likeness (QED) is 0.806. The van der Waals surface area contributed by atoms with E-state index in [1.165, 1.54) is 4.88 Å². The van der Waals surface area contributed by atoms with Gasteiger partial charge in [-0.3, -0.25) is 4.79 Å². The van der Waals surface area contributed by atoms with E-state index < -0.39 is 5.54 Å². The molecule has 4 nitrogen and oxygen atoms in total. The lowest BCUT2D eigenvalue weighted by molar-refractivity contribution is -0.126. The minimum absolute atomic E-state index is 0.0958. The molecule has 0 bridgehead atoms. The molecule has 0 spiro atoms. The van der Waals surface area contributed by atoms with Crippen LogP contribution in [0.3, 0.4) is 0 Å². The molecule has 1 atom stereocenters. The highest BCUT2D eigenvalue weighted by atomic mass is 32.1. The molecular formula is C11H16N2O2S. The number of thiophene rings is 1. The van der Waals surface area contributed by atoms with Crippen molar-refractivity contribution in [1.82, 2.24) is 5.32 Å². The van der Waals surface area contributed by atoms with E-state index in [-0.39, 0.29) is 5.91 Å². The zero-order valence-electron chi connectivity index (χ0n) is 9.07. The first-order valence-electron chi connectivity index (χ1n) is 5.38. The molecule has 1 aromatic heterocycles. The van der Waals surface area contributed by atoms with E-state index in [0.29, 0.717) is 26.2 Å². The zero-order valence-corrected chi connectivity index (χ0v) is 9.89. The second kappa shape index (κ2) is 4.95. The van der Waals surface area contributed by atoms with Crippen molar-refractivity contribution >= 4 is 17.2 Å². The molecule has 0 aliphatic carbocycles. The van der Waals surface area contributed by atoms with Crippen LogP contribution in [0.1, 0.15) is 11.3 Å². The van der Waals surface area contributed by atoms with Crippen molar-refractivity contribution in [1.29, 1.82) is 0 Å². The lowest BCUT2D eigenvalue weighted by atomic mass is 9.99. The number of rotatable bonds is 4. The van der Waals surface area contributed by atoms with Crippen molar-refractivity contribution in [3.63, 3.8) is 0 Å². The fraction of sp³-hybridized carbons (Fsp3) is 0.545. The normalized spacial score (nSPS) is 24.6. The highest BCUT2D eigenvalue weighted by molar-refractivity contribution is 7.09. The van der Waals surface area contributed by atoms with Gasteiger partial charge in [-0.1, -0.05) is 6.07 Å². The monoisotopic (exact) mass is 240 g/mol. The van der Waals surface area contributed by atoms with Crippen molar-refractivity contribution in [3.05, 3.63) is 22.4 Å². The average Bonchev–Trinajstić information content (AvgIpc) is 2.90. The number of nitrogens with one attached hydrogen (secondary N) is 1. The molecule has 1 unspecified atom stereocenters. The highest BCUT2D eigenvalue weighted by Crippen LogP contribution is 2.15. The van der Waals surface area contributed by atoms with Gasteiger partial charge >= 0.3 is 0 Å². The topological polar surface area (TPSA) is 64.4 Å². The molecule has 1 aliphatic heterocycles. The highest BCUT2D eigenvalue weighted by Gasteiger charge is 2.37. The summed E-state index contributed by atoms with van der Waals surface area (Å²) < 4.78 is 5.15. The van der Waals surface area contributed by atoms with Crippen LogP contribution in [0.2, 0.25) is 0 Å². The number of carbonyl (C=O) groups excluding carboxylic acids is 1. The Hall–Kier alpha value is -0.910. The first-order valence-corrected chi connectivity index (χ1v) is 6.26. The SMILES string of the molecule is NC1(C(=O)NCCc2cccs2)CCOC1. The third kappa shape index (κ3) is 2.61. The van der Waals surface area contributed by atoms with Crippen LogP contribution >= 0.6 is 11.3 Å². The third-order valence-corrected chi connectivity index (χ3v) is 3.68. The summed E-state index contributed by atoms with van der Waals surface area (Å²) in [6.07, 6.45) is 1.47. The molecule has 0 saturated carbocycles. The number of ether oxygens (including phenoxy) is 1. The van der Waals surface area contributed by atoms with Crippen LogP contribution in [-0.4, -0.2) is 31.2 Å². The molecule has 2 rings (SSSR count). The summed E-state index contributed by atoms with van der Waals surface area (Å²) in [6, 6.07) is 4.07. The minimum atomic E-state index is -0.810. The maximum absolute atomic E-state index is 11.8. The van der Waals surface area contributed by atoms with Gasteiger partial charge in [0, 0.05) is 18.0 Å². The summed E-state index contributed by atoms with van der Waals surface area (Å²) in [4.78, 5) is 13.1. The fourth-order valence-electron chi connectivity index (χ4n) is 1.69. The molecule has 0 aromatic carbocycles. The molecule has 1 aromatic rings. The smallest absolute Gasteiger partial charge is 0.242 e. The maximum Gasteiger partial charge on any atom is 0.242 e. The summed E-state index contributed by atoms with van der Waals surface area (Å²) in [7, 11) is 0. The van der Waals surface area contributed by atoms with Crippen LogP contribution in [0.5, 0.6) is 0 Å². The number of nitrogens with two attached hydrogens (primary N) is 1. The van der Waals surface area contributed by atoms with Gasteiger partial charge in [0.1, 0.15) is 5.54 Å². The van der Waals surface area contributed by atoms with E-state index in [9.17, 15) is 4.79 Å². The number of hydrogen-bond acceptors (Lipinski definition) is 4. The van der Waals surface area contributed by atoms with E-state index in [0.717, 1.165) is 6.42 Å². The lowest BCUT2D eigenvalue weighted by Crippen LogP contribution is -2.54. The summed E-state index contributed by atoms with van der Waals surface area (Å²) in [5.41, 5.74) is 5.12. The second-order valence-electron chi connectivity index (χ2n) is 4.04. The second-order valence-corrected chi connectivity index (χ2v) is 5.08. The van der Waals surface area contributed by atoms with E-state index >= 15 is 0 Å². The van der Waals surface area contributed by atoms with E-state index in [1.54, 1.807) is 11.3 Å². The van der Waals surface area contributed by atoms with Crippen LogP contribution in [0.15, 0.2) is 17.5 Å².